The normalized spacial score (nSPS) is 19.8. The molecule has 6 heteroatoms. The summed E-state index contributed by atoms with van der Waals surface area (Å²) in [6.07, 6.45) is 5.51. The van der Waals surface area contributed by atoms with E-state index in [1.807, 2.05) is 18.9 Å². The first kappa shape index (κ1) is 15.1. The molecule has 1 aliphatic rings. The number of likely N-dealkylation sites (N-methyl/N-ethyl adjacent to an activating group) is 1. The molecule has 20 heavy (non-hydrogen) atoms. The lowest BCUT2D eigenvalue weighted by Gasteiger charge is -2.31. The summed E-state index contributed by atoms with van der Waals surface area (Å²) >= 11 is 6.14. The van der Waals surface area contributed by atoms with Crippen LogP contribution in [0.3, 0.4) is 0 Å². The van der Waals surface area contributed by atoms with Crippen molar-refractivity contribution < 1.29 is 4.79 Å². The number of rotatable bonds is 3. The summed E-state index contributed by atoms with van der Waals surface area (Å²) in [5.74, 6) is 0.0317. The molecule has 2 heterocycles. The lowest BCUT2D eigenvalue weighted by atomic mass is 10.1. The third kappa shape index (κ3) is 3.22. The van der Waals surface area contributed by atoms with E-state index in [2.05, 4.69) is 10.4 Å². The average molecular weight is 297 g/mol. The van der Waals surface area contributed by atoms with Crippen LogP contribution in [0.2, 0.25) is 5.15 Å². The first-order valence-corrected chi connectivity index (χ1v) is 7.24. The number of hydrogen-bond donors (Lipinski definition) is 1. The summed E-state index contributed by atoms with van der Waals surface area (Å²) < 4.78 is 1.61. The number of carbonyl (C=O) groups excluding carboxylic acids is 1. The minimum absolute atomic E-state index is 0.0317. The van der Waals surface area contributed by atoms with Gasteiger partial charge >= 0.3 is 0 Å². The van der Waals surface area contributed by atoms with Crippen LogP contribution in [0, 0.1) is 6.92 Å². The highest BCUT2D eigenvalue weighted by Crippen LogP contribution is 2.20. The Bertz CT molecular complexity index is 523. The predicted molar refractivity (Wildman–Crippen MR) is 80.7 cm³/mol. The van der Waals surface area contributed by atoms with Crippen LogP contribution in [-0.2, 0) is 11.8 Å². The molecule has 1 saturated heterocycles. The third-order valence-electron chi connectivity index (χ3n) is 3.73. The second kappa shape index (κ2) is 6.41. The molecule has 110 valence electrons. The molecule has 0 spiro atoms. The van der Waals surface area contributed by atoms with Gasteiger partial charge in [-0.1, -0.05) is 11.6 Å². The molecule has 0 radical (unpaired) electrons. The fraction of sp³-hybridized carbons (Fsp3) is 0.571. The number of aromatic nitrogens is 2. The van der Waals surface area contributed by atoms with Gasteiger partial charge in [0.25, 0.3) is 0 Å². The molecule has 1 N–H and O–H groups in total. The first-order valence-electron chi connectivity index (χ1n) is 6.86. The second-order valence-electron chi connectivity index (χ2n) is 5.16. The Morgan fingerprint density at radius 3 is 2.90 bits per heavy atom. The quantitative estimate of drug-likeness (QED) is 0.862. The highest BCUT2D eigenvalue weighted by molar-refractivity contribution is 6.31. The molecule has 0 aromatic carbocycles. The highest BCUT2D eigenvalue weighted by Gasteiger charge is 2.21. The summed E-state index contributed by atoms with van der Waals surface area (Å²) in [5, 5.41) is 8.01. The number of carbonyl (C=O) groups is 1. The SMILES string of the molecule is CNC1CCCN(C(=O)/C=C/c2c(C)nn(C)c2Cl)C1. The molecular formula is C14H21ClN4O. The van der Waals surface area contributed by atoms with E-state index in [1.54, 1.807) is 23.9 Å². The van der Waals surface area contributed by atoms with Crippen molar-refractivity contribution >= 4 is 23.6 Å². The Morgan fingerprint density at radius 1 is 1.55 bits per heavy atom. The van der Waals surface area contributed by atoms with Gasteiger partial charge < -0.3 is 10.2 Å². The molecule has 1 atom stereocenters. The Hall–Kier alpha value is -1.33. The van der Waals surface area contributed by atoms with Crippen molar-refractivity contribution in [2.24, 2.45) is 7.05 Å². The summed E-state index contributed by atoms with van der Waals surface area (Å²) in [6.45, 7) is 3.47. The van der Waals surface area contributed by atoms with Gasteiger partial charge in [-0.2, -0.15) is 5.10 Å². The smallest absolute Gasteiger partial charge is 0.246 e. The molecule has 0 bridgehead atoms. The molecule has 1 aliphatic heterocycles. The molecule has 2 rings (SSSR count). The number of hydrogen-bond acceptors (Lipinski definition) is 3. The van der Waals surface area contributed by atoms with E-state index in [0.29, 0.717) is 11.2 Å². The zero-order valence-corrected chi connectivity index (χ0v) is 12.9. The topological polar surface area (TPSA) is 50.2 Å². The van der Waals surface area contributed by atoms with Crippen molar-refractivity contribution in [3.63, 3.8) is 0 Å². The van der Waals surface area contributed by atoms with Gasteiger partial charge in [0.1, 0.15) is 5.15 Å². The zero-order chi connectivity index (χ0) is 14.7. The van der Waals surface area contributed by atoms with Crippen LogP contribution in [0.15, 0.2) is 6.08 Å². The molecule has 1 fully saturated rings. The van der Waals surface area contributed by atoms with E-state index in [1.165, 1.54) is 0 Å². The minimum Gasteiger partial charge on any atom is -0.338 e. The highest BCUT2D eigenvalue weighted by atomic mass is 35.5. The lowest BCUT2D eigenvalue weighted by Crippen LogP contribution is -2.46. The molecular weight excluding hydrogens is 276 g/mol. The van der Waals surface area contributed by atoms with E-state index >= 15 is 0 Å². The van der Waals surface area contributed by atoms with Gasteiger partial charge in [0.2, 0.25) is 5.91 Å². The van der Waals surface area contributed by atoms with Crippen LogP contribution in [0.1, 0.15) is 24.1 Å². The number of nitrogens with one attached hydrogen (secondary N) is 1. The van der Waals surface area contributed by atoms with Crippen LogP contribution in [0.4, 0.5) is 0 Å². The number of halogens is 1. The summed E-state index contributed by atoms with van der Waals surface area (Å²) in [4.78, 5) is 14.1. The molecule has 1 aromatic rings. The standard InChI is InChI=1S/C14H21ClN4O/c1-10-12(14(15)18(3)17-10)6-7-13(20)19-8-4-5-11(9-19)16-2/h6-7,11,16H,4-5,8-9H2,1-3H3/b7-6+. The number of amides is 1. The van der Waals surface area contributed by atoms with Crippen LogP contribution >= 0.6 is 11.6 Å². The van der Waals surface area contributed by atoms with E-state index in [-0.39, 0.29) is 5.91 Å². The molecule has 5 nitrogen and oxygen atoms in total. The average Bonchev–Trinajstić information content (AvgIpc) is 2.70. The monoisotopic (exact) mass is 296 g/mol. The number of aryl methyl sites for hydroxylation is 2. The van der Waals surface area contributed by atoms with Gasteiger partial charge in [0, 0.05) is 37.8 Å². The molecule has 0 saturated carbocycles. The molecule has 1 aromatic heterocycles. The number of piperidine rings is 1. The van der Waals surface area contributed by atoms with Crippen LogP contribution in [-0.4, -0.2) is 46.8 Å². The Labute approximate surface area is 124 Å². The molecule has 1 amide bonds. The van der Waals surface area contributed by atoms with Gasteiger partial charge in [-0.3, -0.25) is 9.48 Å². The second-order valence-corrected chi connectivity index (χ2v) is 5.52. The first-order chi connectivity index (χ1) is 9.52. The Kier molecular flexibility index (Phi) is 4.83. The predicted octanol–water partition coefficient (Wildman–Crippen LogP) is 1.61. The van der Waals surface area contributed by atoms with Crippen molar-refractivity contribution in [2.75, 3.05) is 20.1 Å². The zero-order valence-electron chi connectivity index (χ0n) is 12.2. The third-order valence-corrected chi connectivity index (χ3v) is 4.18. The Morgan fingerprint density at radius 2 is 2.30 bits per heavy atom. The molecule has 1 unspecified atom stereocenters. The maximum Gasteiger partial charge on any atom is 0.246 e. The Balaban J connectivity index is 2.05. The van der Waals surface area contributed by atoms with Crippen molar-refractivity contribution in [2.45, 2.75) is 25.8 Å². The summed E-state index contributed by atoms with van der Waals surface area (Å²) in [6, 6.07) is 0.393. The largest absolute Gasteiger partial charge is 0.338 e. The maximum atomic E-state index is 12.2. The van der Waals surface area contributed by atoms with E-state index < -0.39 is 0 Å². The van der Waals surface area contributed by atoms with Gasteiger partial charge in [0.05, 0.1) is 5.69 Å². The maximum absolute atomic E-state index is 12.2. The fourth-order valence-corrected chi connectivity index (χ4v) is 2.75. The summed E-state index contributed by atoms with van der Waals surface area (Å²) in [7, 11) is 3.73. The number of nitrogens with zero attached hydrogens (tertiary/aromatic N) is 3. The van der Waals surface area contributed by atoms with Crippen molar-refractivity contribution in [3.8, 4) is 0 Å². The van der Waals surface area contributed by atoms with Crippen molar-refractivity contribution in [1.82, 2.24) is 20.0 Å². The van der Waals surface area contributed by atoms with Gasteiger partial charge in [0.15, 0.2) is 0 Å². The van der Waals surface area contributed by atoms with E-state index in [4.69, 9.17) is 11.6 Å². The van der Waals surface area contributed by atoms with Gasteiger partial charge in [-0.25, -0.2) is 0 Å². The number of likely N-dealkylation sites (tertiary alicyclic amines) is 1. The van der Waals surface area contributed by atoms with Crippen molar-refractivity contribution in [3.05, 3.63) is 22.5 Å². The van der Waals surface area contributed by atoms with Crippen LogP contribution in [0.5, 0.6) is 0 Å². The van der Waals surface area contributed by atoms with Crippen LogP contribution < -0.4 is 5.32 Å². The van der Waals surface area contributed by atoms with Gasteiger partial charge in [-0.15, -0.1) is 0 Å². The summed E-state index contributed by atoms with van der Waals surface area (Å²) in [5.41, 5.74) is 1.64. The van der Waals surface area contributed by atoms with Crippen LogP contribution in [0.25, 0.3) is 6.08 Å². The minimum atomic E-state index is 0.0317. The van der Waals surface area contributed by atoms with E-state index in [0.717, 1.165) is 37.2 Å². The fourth-order valence-electron chi connectivity index (χ4n) is 2.51. The lowest BCUT2D eigenvalue weighted by molar-refractivity contribution is -0.127. The van der Waals surface area contributed by atoms with Gasteiger partial charge in [-0.05, 0) is 32.9 Å². The van der Waals surface area contributed by atoms with E-state index in [9.17, 15) is 4.79 Å². The molecule has 0 aliphatic carbocycles. The van der Waals surface area contributed by atoms with Crippen molar-refractivity contribution in [1.29, 1.82) is 0 Å².